The summed E-state index contributed by atoms with van der Waals surface area (Å²) in [6, 6.07) is -1.32. The molecule has 0 unspecified atom stereocenters. The van der Waals surface area contributed by atoms with Crippen LogP contribution in [0, 0.1) is 0 Å². The lowest BCUT2D eigenvalue weighted by molar-refractivity contribution is -0.141. The zero-order chi connectivity index (χ0) is 12.8. The van der Waals surface area contributed by atoms with Crippen LogP contribution in [0.4, 0.5) is 4.79 Å². The number of carbonyl (C=O) groups is 2. The molecule has 3 N–H and O–H groups in total. The molecule has 1 rings (SSSR count). The van der Waals surface area contributed by atoms with Crippen LogP contribution < -0.4 is 5.32 Å². The summed E-state index contributed by atoms with van der Waals surface area (Å²) < 4.78 is 0. The van der Waals surface area contributed by atoms with E-state index in [0.29, 0.717) is 6.54 Å². The van der Waals surface area contributed by atoms with Crippen LogP contribution in [0.2, 0.25) is 0 Å². The molecule has 2 amide bonds. The van der Waals surface area contributed by atoms with Crippen LogP contribution in [0.5, 0.6) is 0 Å². The molecule has 0 aromatic carbocycles. The molecule has 1 heterocycles. The number of hydrogen-bond donors (Lipinski definition) is 3. The van der Waals surface area contributed by atoms with Gasteiger partial charge >= 0.3 is 12.0 Å². The van der Waals surface area contributed by atoms with Crippen molar-refractivity contribution in [1.82, 2.24) is 10.2 Å². The molecular weight excluding hydrogens is 244 g/mol. The van der Waals surface area contributed by atoms with Gasteiger partial charge in [-0.1, -0.05) is 0 Å². The zero-order valence-corrected chi connectivity index (χ0v) is 10.6. The van der Waals surface area contributed by atoms with Crippen molar-refractivity contribution in [2.24, 2.45) is 0 Å². The number of carboxylic acids is 1. The van der Waals surface area contributed by atoms with Crippen LogP contribution in [-0.2, 0) is 4.79 Å². The van der Waals surface area contributed by atoms with Gasteiger partial charge in [-0.2, -0.15) is 11.8 Å². The zero-order valence-electron chi connectivity index (χ0n) is 9.76. The molecule has 0 bridgehead atoms. The summed E-state index contributed by atoms with van der Waals surface area (Å²) in [5.41, 5.74) is 0. The number of carboxylic acid groups (broad SMARTS) is 1. The van der Waals surface area contributed by atoms with Crippen LogP contribution in [-0.4, -0.2) is 64.4 Å². The SMILES string of the molecule is CSCCCNC(=O)N1C[C@H](O)C[C@@H]1C(=O)O. The first-order valence-corrected chi connectivity index (χ1v) is 6.90. The van der Waals surface area contributed by atoms with Gasteiger partial charge in [0, 0.05) is 19.5 Å². The maximum atomic E-state index is 11.7. The highest BCUT2D eigenvalue weighted by atomic mass is 32.2. The summed E-state index contributed by atoms with van der Waals surface area (Å²) >= 11 is 1.69. The van der Waals surface area contributed by atoms with Gasteiger partial charge in [-0.3, -0.25) is 0 Å². The smallest absolute Gasteiger partial charge is 0.326 e. The average molecular weight is 262 g/mol. The number of rotatable bonds is 5. The Morgan fingerprint density at radius 3 is 2.82 bits per heavy atom. The Morgan fingerprint density at radius 1 is 1.53 bits per heavy atom. The van der Waals surface area contributed by atoms with Crippen LogP contribution in [0.3, 0.4) is 0 Å². The Kier molecular flexibility index (Phi) is 5.57. The van der Waals surface area contributed by atoms with Gasteiger partial charge in [-0.25, -0.2) is 9.59 Å². The molecule has 6 nitrogen and oxygen atoms in total. The first kappa shape index (κ1) is 14.1. The third-order valence-electron chi connectivity index (χ3n) is 2.63. The molecule has 1 aliphatic rings. The summed E-state index contributed by atoms with van der Waals surface area (Å²) in [6.07, 6.45) is 2.20. The Bertz CT molecular complexity index is 287. The third kappa shape index (κ3) is 4.08. The van der Waals surface area contributed by atoms with Crippen molar-refractivity contribution in [3.63, 3.8) is 0 Å². The quantitative estimate of drug-likeness (QED) is 0.605. The van der Waals surface area contributed by atoms with E-state index in [1.54, 1.807) is 11.8 Å². The maximum Gasteiger partial charge on any atom is 0.326 e. The highest BCUT2D eigenvalue weighted by molar-refractivity contribution is 7.98. The fourth-order valence-corrected chi connectivity index (χ4v) is 2.22. The topological polar surface area (TPSA) is 89.9 Å². The molecule has 0 aliphatic carbocycles. The molecule has 1 saturated heterocycles. The third-order valence-corrected chi connectivity index (χ3v) is 3.32. The van der Waals surface area contributed by atoms with Crippen molar-refractivity contribution in [2.45, 2.75) is 25.0 Å². The number of urea groups is 1. The molecule has 0 radical (unpaired) electrons. The van der Waals surface area contributed by atoms with Gasteiger partial charge in [-0.15, -0.1) is 0 Å². The van der Waals surface area contributed by atoms with Crippen molar-refractivity contribution in [1.29, 1.82) is 0 Å². The van der Waals surface area contributed by atoms with Gasteiger partial charge in [0.1, 0.15) is 6.04 Å². The number of nitrogens with zero attached hydrogens (tertiary/aromatic N) is 1. The predicted octanol–water partition coefficient (Wildman–Crippen LogP) is -0.0311. The van der Waals surface area contributed by atoms with E-state index < -0.39 is 24.1 Å². The summed E-state index contributed by atoms with van der Waals surface area (Å²) in [5, 5.41) is 21.0. The number of amides is 2. The van der Waals surface area contributed by atoms with E-state index in [1.165, 1.54) is 4.90 Å². The molecular formula is C10H18N2O4S. The van der Waals surface area contributed by atoms with Gasteiger partial charge < -0.3 is 20.4 Å². The molecule has 0 saturated carbocycles. The lowest BCUT2D eigenvalue weighted by Crippen LogP contribution is -2.46. The van der Waals surface area contributed by atoms with Crippen LogP contribution in [0.15, 0.2) is 0 Å². The fraction of sp³-hybridized carbons (Fsp3) is 0.800. The number of nitrogens with one attached hydrogen (secondary N) is 1. The largest absolute Gasteiger partial charge is 0.480 e. The summed E-state index contributed by atoms with van der Waals surface area (Å²) in [4.78, 5) is 23.8. The number of carbonyl (C=O) groups excluding carboxylic acids is 1. The number of hydrogen-bond acceptors (Lipinski definition) is 4. The Morgan fingerprint density at radius 2 is 2.24 bits per heavy atom. The first-order valence-electron chi connectivity index (χ1n) is 5.50. The van der Waals surface area contributed by atoms with Crippen LogP contribution >= 0.6 is 11.8 Å². The maximum absolute atomic E-state index is 11.7. The van der Waals surface area contributed by atoms with Crippen LogP contribution in [0.25, 0.3) is 0 Å². The van der Waals surface area contributed by atoms with Crippen molar-refractivity contribution >= 4 is 23.8 Å². The summed E-state index contributed by atoms with van der Waals surface area (Å²) in [7, 11) is 0. The molecule has 98 valence electrons. The van der Waals surface area contributed by atoms with Crippen molar-refractivity contribution in [3.8, 4) is 0 Å². The van der Waals surface area contributed by atoms with E-state index in [2.05, 4.69) is 5.32 Å². The van der Waals surface area contributed by atoms with Gasteiger partial charge in [-0.05, 0) is 18.4 Å². The molecule has 7 heteroatoms. The van der Waals surface area contributed by atoms with Crippen molar-refractivity contribution < 1.29 is 19.8 Å². The average Bonchev–Trinajstić information content (AvgIpc) is 2.66. The van der Waals surface area contributed by atoms with E-state index >= 15 is 0 Å². The van der Waals surface area contributed by atoms with E-state index in [4.69, 9.17) is 5.11 Å². The molecule has 17 heavy (non-hydrogen) atoms. The van der Waals surface area contributed by atoms with Gasteiger partial charge in [0.05, 0.1) is 6.10 Å². The molecule has 1 aliphatic heterocycles. The number of β-amino-alcohol motifs (C(OH)–C–C–N with tert-alkyl or cyclic N) is 1. The fourth-order valence-electron chi connectivity index (χ4n) is 1.79. The number of likely N-dealkylation sites (tertiary alicyclic amines) is 1. The minimum Gasteiger partial charge on any atom is -0.480 e. The Balaban J connectivity index is 2.41. The Labute approximate surface area is 104 Å². The van der Waals surface area contributed by atoms with Crippen molar-refractivity contribution in [2.75, 3.05) is 25.1 Å². The second-order valence-electron chi connectivity index (χ2n) is 3.97. The Hall–Kier alpha value is -0.950. The lowest BCUT2D eigenvalue weighted by Gasteiger charge is -2.21. The van der Waals surface area contributed by atoms with Gasteiger partial charge in [0.15, 0.2) is 0 Å². The predicted molar refractivity (Wildman–Crippen MR) is 65.2 cm³/mol. The van der Waals surface area contributed by atoms with Gasteiger partial charge in [0.25, 0.3) is 0 Å². The number of thioether (sulfide) groups is 1. The van der Waals surface area contributed by atoms with E-state index in [-0.39, 0.29) is 13.0 Å². The standard InChI is InChI=1S/C10H18N2O4S/c1-17-4-2-3-11-10(16)12-6-7(13)5-8(12)9(14)15/h7-8,13H,2-6H2,1H3,(H,11,16)(H,14,15)/t7-,8-/m1/s1. The van der Waals surface area contributed by atoms with E-state index in [9.17, 15) is 14.7 Å². The second kappa shape index (κ2) is 6.70. The highest BCUT2D eigenvalue weighted by Crippen LogP contribution is 2.17. The molecule has 2 atom stereocenters. The van der Waals surface area contributed by atoms with Gasteiger partial charge in [0.2, 0.25) is 0 Å². The number of aliphatic hydroxyl groups is 1. The number of aliphatic hydroxyl groups excluding tert-OH is 1. The minimum absolute atomic E-state index is 0.0886. The van der Waals surface area contributed by atoms with E-state index in [1.807, 2.05) is 6.26 Å². The van der Waals surface area contributed by atoms with Crippen LogP contribution in [0.1, 0.15) is 12.8 Å². The summed E-state index contributed by atoms with van der Waals surface area (Å²) in [6.45, 7) is 0.615. The molecule has 1 fully saturated rings. The molecule has 0 aromatic rings. The molecule has 0 aromatic heterocycles. The normalized spacial score (nSPS) is 23.8. The number of aliphatic carboxylic acids is 1. The van der Waals surface area contributed by atoms with E-state index in [0.717, 1.165) is 12.2 Å². The van der Waals surface area contributed by atoms with Crippen molar-refractivity contribution in [3.05, 3.63) is 0 Å². The lowest BCUT2D eigenvalue weighted by atomic mass is 10.2. The summed E-state index contributed by atoms with van der Waals surface area (Å²) in [5.74, 6) is -0.119. The monoisotopic (exact) mass is 262 g/mol. The minimum atomic E-state index is -1.07. The second-order valence-corrected chi connectivity index (χ2v) is 4.96. The first-order chi connectivity index (χ1) is 8.06. The highest BCUT2D eigenvalue weighted by Gasteiger charge is 2.38. The molecule has 0 spiro atoms.